The molecular formula is C20H28N4O3. The van der Waals surface area contributed by atoms with Crippen LogP contribution in [0.1, 0.15) is 37.8 Å². The van der Waals surface area contributed by atoms with Crippen LogP contribution < -0.4 is 4.74 Å². The summed E-state index contributed by atoms with van der Waals surface area (Å²) in [6, 6.07) is 9.95. The van der Waals surface area contributed by atoms with Crippen LogP contribution in [0.3, 0.4) is 0 Å². The molecule has 0 N–H and O–H groups in total. The number of carbonyl (C=O) groups excluding carboxylic acids is 1. The van der Waals surface area contributed by atoms with E-state index in [9.17, 15) is 4.79 Å². The van der Waals surface area contributed by atoms with Gasteiger partial charge in [0.15, 0.2) is 0 Å². The average Bonchev–Trinajstić information content (AvgIpc) is 3.18. The topological polar surface area (TPSA) is 69.5 Å². The van der Waals surface area contributed by atoms with E-state index in [1.54, 1.807) is 7.11 Å². The summed E-state index contributed by atoms with van der Waals surface area (Å²) < 4.78 is 12.6. The minimum atomic E-state index is 0.192. The summed E-state index contributed by atoms with van der Waals surface area (Å²) in [5.74, 6) is 1.01. The molecule has 7 nitrogen and oxygen atoms in total. The number of nitrogens with zero attached hydrogens (tertiary/aromatic N) is 4. The van der Waals surface area contributed by atoms with Crippen molar-refractivity contribution in [3.63, 3.8) is 0 Å². The van der Waals surface area contributed by atoms with Gasteiger partial charge in [-0.2, -0.15) is 0 Å². The lowest BCUT2D eigenvalue weighted by Gasteiger charge is -2.36. The van der Waals surface area contributed by atoms with E-state index < -0.39 is 0 Å². The van der Waals surface area contributed by atoms with Crippen molar-refractivity contribution in [2.75, 3.05) is 20.3 Å². The Labute approximate surface area is 160 Å². The van der Waals surface area contributed by atoms with E-state index in [1.807, 2.05) is 46.1 Å². The number of rotatable bonds is 9. The third kappa shape index (κ3) is 5.79. The van der Waals surface area contributed by atoms with Crippen LogP contribution in [-0.2, 0) is 22.7 Å². The second-order valence-corrected chi connectivity index (χ2v) is 6.84. The van der Waals surface area contributed by atoms with Crippen LogP contribution in [0.2, 0.25) is 0 Å². The normalized spacial score (nSPS) is 17.1. The summed E-state index contributed by atoms with van der Waals surface area (Å²) in [4.78, 5) is 14.4. The predicted molar refractivity (Wildman–Crippen MR) is 101 cm³/mol. The van der Waals surface area contributed by atoms with Crippen LogP contribution in [0.4, 0.5) is 0 Å². The maximum absolute atomic E-state index is 12.4. The first kappa shape index (κ1) is 19.4. The zero-order valence-corrected chi connectivity index (χ0v) is 15.9. The summed E-state index contributed by atoms with van der Waals surface area (Å²) in [6.45, 7) is 2.47. The lowest BCUT2D eigenvalue weighted by Crippen LogP contribution is -2.44. The van der Waals surface area contributed by atoms with Gasteiger partial charge in [-0.1, -0.05) is 23.4 Å². The monoisotopic (exact) mass is 372 g/mol. The minimum Gasteiger partial charge on any atom is -0.487 e. The van der Waals surface area contributed by atoms with Gasteiger partial charge < -0.3 is 14.4 Å². The molecule has 0 aliphatic carbocycles. The molecule has 0 spiro atoms. The van der Waals surface area contributed by atoms with Crippen molar-refractivity contribution in [2.45, 2.75) is 51.3 Å². The number of benzene rings is 1. The van der Waals surface area contributed by atoms with Gasteiger partial charge in [-0.15, -0.1) is 5.10 Å². The average molecular weight is 372 g/mol. The predicted octanol–water partition coefficient (Wildman–Crippen LogP) is 2.66. The molecule has 1 aliphatic rings. The van der Waals surface area contributed by atoms with E-state index in [0.29, 0.717) is 19.6 Å². The zero-order chi connectivity index (χ0) is 18.9. The molecular weight excluding hydrogens is 344 g/mol. The molecule has 1 aromatic heterocycles. The number of methoxy groups -OCH3 is 1. The smallest absolute Gasteiger partial charge is 0.225 e. The summed E-state index contributed by atoms with van der Waals surface area (Å²) in [5.41, 5.74) is 0.801. The second-order valence-electron chi connectivity index (χ2n) is 6.84. The van der Waals surface area contributed by atoms with Gasteiger partial charge in [-0.25, -0.2) is 0 Å². The lowest BCUT2D eigenvalue weighted by atomic mass is 9.99. The number of aromatic nitrogens is 3. The van der Waals surface area contributed by atoms with Crippen LogP contribution in [0, 0.1) is 0 Å². The Hall–Kier alpha value is -2.41. The third-order valence-corrected chi connectivity index (χ3v) is 4.87. The Morgan fingerprint density at radius 2 is 2.11 bits per heavy atom. The third-order valence-electron chi connectivity index (χ3n) is 4.87. The highest BCUT2D eigenvalue weighted by molar-refractivity contribution is 5.76. The van der Waals surface area contributed by atoms with Crippen molar-refractivity contribution in [1.82, 2.24) is 19.9 Å². The molecule has 0 radical (unpaired) electrons. The number of aryl methyl sites for hydroxylation is 1. The number of ether oxygens (including phenoxy) is 2. The van der Waals surface area contributed by atoms with E-state index in [4.69, 9.17) is 9.47 Å². The SMILES string of the molecule is COCCC(=O)N1CCCCC1CCn1cc(COc2ccccc2)nn1. The molecule has 2 heterocycles. The lowest BCUT2D eigenvalue weighted by molar-refractivity contribution is -0.136. The van der Waals surface area contributed by atoms with Crippen molar-refractivity contribution in [3.05, 3.63) is 42.2 Å². The van der Waals surface area contributed by atoms with Gasteiger partial charge in [0.05, 0.1) is 19.2 Å². The summed E-state index contributed by atoms with van der Waals surface area (Å²) >= 11 is 0. The van der Waals surface area contributed by atoms with Gasteiger partial charge in [-0.05, 0) is 37.8 Å². The molecule has 27 heavy (non-hydrogen) atoms. The van der Waals surface area contributed by atoms with Crippen molar-refractivity contribution in [3.8, 4) is 5.75 Å². The summed E-state index contributed by atoms with van der Waals surface area (Å²) in [7, 11) is 1.63. The molecule has 1 aliphatic heterocycles. The summed E-state index contributed by atoms with van der Waals surface area (Å²) in [6.07, 6.45) is 6.57. The number of amides is 1. The molecule has 3 rings (SSSR count). The largest absolute Gasteiger partial charge is 0.487 e. The standard InChI is InChI=1S/C20H28N4O3/c1-26-14-11-20(25)24-12-6-5-7-18(24)10-13-23-15-17(21-22-23)16-27-19-8-3-2-4-9-19/h2-4,8-9,15,18H,5-7,10-14,16H2,1H3. The second kappa shape index (κ2) is 10.1. The Morgan fingerprint density at radius 3 is 2.93 bits per heavy atom. The molecule has 0 saturated carbocycles. The van der Waals surface area contributed by atoms with Gasteiger partial charge in [0, 0.05) is 26.2 Å². The number of para-hydroxylation sites is 1. The molecule has 1 fully saturated rings. The van der Waals surface area contributed by atoms with Crippen LogP contribution >= 0.6 is 0 Å². The maximum Gasteiger partial charge on any atom is 0.225 e. The van der Waals surface area contributed by atoms with Gasteiger partial charge >= 0.3 is 0 Å². The fourth-order valence-corrected chi connectivity index (χ4v) is 3.43. The van der Waals surface area contributed by atoms with Crippen molar-refractivity contribution < 1.29 is 14.3 Å². The van der Waals surface area contributed by atoms with E-state index in [2.05, 4.69) is 10.3 Å². The molecule has 146 valence electrons. The molecule has 1 saturated heterocycles. The molecule has 1 unspecified atom stereocenters. The van der Waals surface area contributed by atoms with E-state index in [1.165, 1.54) is 6.42 Å². The first-order valence-corrected chi connectivity index (χ1v) is 9.61. The van der Waals surface area contributed by atoms with Gasteiger partial charge in [0.2, 0.25) is 5.91 Å². The number of piperidine rings is 1. The van der Waals surface area contributed by atoms with Crippen LogP contribution in [0.15, 0.2) is 36.5 Å². The highest BCUT2D eigenvalue weighted by atomic mass is 16.5. The molecule has 1 atom stereocenters. The van der Waals surface area contributed by atoms with Gasteiger partial charge in [0.1, 0.15) is 18.1 Å². The molecule has 2 aromatic rings. The maximum atomic E-state index is 12.4. The quantitative estimate of drug-likeness (QED) is 0.677. The molecule has 1 aromatic carbocycles. The fourth-order valence-electron chi connectivity index (χ4n) is 3.43. The Balaban J connectivity index is 1.48. The van der Waals surface area contributed by atoms with Crippen molar-refractivity contribution in [2.24, 2.45) is 0 Å². The van der Waals surface area contributed by atoms with E-state index in [-0.39, 0.29) is 11.9 Å². The molecule has 0 bridgehead atoms. The number of likely N-dealkylation sites (tertiary alicyclic amines) is 1. The minimum absolute atomic E-state index is 0.192. The number of carbonyl (C=O) groups is 1. The highest BCUT2D eigenvalue weighted by Gasteiger charge is 2.26. The van der Waals surface area contributed by atoms with E-state index >= 15 is 0 Å². The number of hydrogen-bond acceptors (Lipinski definition) is 5. The molecule has 7 heteroatoms. The Bertz CT molecular complexity index is 704. The van der Waals surface area contributed by atoms with Crippen LogP contribution in [-0.4, -0.2) is 52.1 Å². The van der Waals surface area contributed by atoms with Crippen molar-refractivity contribution >= 4 is 5.91 Å². The first-order chi connectivity index (χ1) is 13.3. The van der Waals surface area contributed by atoms with Crippen LogP contribution in [0.5, 0.6) is 5.75 Å². The first-order valence-electron chi connectivity index (χ1n) is 9.61. The Morgan fingerprint density at radius 1 is 1.26 bits per heavy atom. The van der Waals surface area contributed by atoms with Crippen molar-refractivity contribution in [1.29, 1.82) is 0 Å². The fraction of sp³-hybridized carbons (Fsp3) is 0.550. The molecule has 1 amide bonds. The highest BCUT2D eigenvalue weighted by Crippen LogP contribution is 2.21. The van der Waals surface area contributed by atoms with E-state index in [0.717, 1.165) is 43.8 Å². The van der Waals surface area contributed by atoms with Crippen LogP contribution in [0.25, 0.3) is 0 Å². The number of hydrogen-bond donors (Lipinski definition) is 0. The van der Waals surface area contributed by atoms with Gasteiger partial charge in [-0.3, -0.25) is 9.48 Å². The summed E-state index contributed by atoms with van der Waals surface area (Å²) in [5, 5.41) is 8.38. The zero-order valence-electron chi connectivity index (χ0n) is 15.9. The Kier molecular flexibility index (Phi) is 7.21. The van der Waals surface area contributed by atoms with Gasteiger partial charge in [0.25, 0.3) is 0 Å².